The molecule has 2 heterocycles. The molecule has 0 spiro atoms. The molecule has 2 aliphatic rings. The standard InChI is InChI=1S/C47H44N2O5/c1-30-43(28-48(3)31(2)36-23-22-34-11-4-5-12-38(34)25-36)53-47(54-44(30)35-20-18-32(29-50)19-21-35)40-15-9-14-39(26-40)37-13-8-10-33(24-37)27-49-45(51)41-16-6-7-17-42(41)46(49)52/h4-26,30-31,43-44,47,50H,27-29H2,1-3H3. The summed E-state index contributed by atoms with van der Waals surface area (Å²) in [5, 5.41) is 12.2. The number of imide groups is 1. The largest absolute Gasteiger partial charge is 0.392 e. The monoisotopic (exact) mass is 716 g/mol. The van der Waals surface area contributed by atoms with E-state index in [0.717, 1.165) is 33.4 Å². The van der Waals surface area contributed by atoms with E-state index < -0.39 is 6.29 Å². The molecule has 7 nitrogen and oxygen atoms in total. The van der Waals surface area contributed by atoms with Gasteiger partial charge in [-0.2, -0.15) is 0 Å². The molecule has 1 saturated heterocycles. The Bertz CT molecular complexity index is 2290. The first-order valence-corrected chi connectivity index (χ1v) is 18.6. The van der Waals surface area contributed by atoms with E-state index in [1.807, 2.05) is 60.7 Å². The number of carbonyl (C=O) groups is 2. The molecule has 0 saturated carbocycles. The van der Waals surface area contributed by atoms with Gasteiger partial charge in [0.2, 0.25) is 0 Å². The van der Waals surface area contributed by atoms with E-state index in [1.165, 1.54) is 21.2 Å². The molecule has 6 aromatic rings. The molecule has 5 unspecified atom stereocenters. The van der Waals surface area contributed by atoms with Gasteiger partial charge in [0.1, 0.15) is 0 Å². The number of benzene rings is 6. The van der Waals surface area contributed by atoms with Crippen molar-refractivity contribution in [2.45, 2.75) is 51.5 Å². The highest BCUT2D eigenvalue weighted by atomic mass is 16.7. The minimum Gasteiger partial charge on any atom is -0.392 e. The second kappa shape index (κ2) is 15.1. The third-order valence-corrected chi connectivity index (χ3v) is 11.1. The fourth-order valence-corrected chi connectivity index (χ4v) is 7.77. The topological polar surface area (TPSA) is 79.3 Å². The number of nitrogens with zero attached hydrogens (tertiary/aromatic N) is 2. The molecule has 1 N–H and O–H groups in total. The maximum atomic E-state index is 13.1. The first kappa shape index (κ1) is 35.6. The Balaban J connectivity index is 1.05. The van der Waals surface area contributed by atoms with E-state index in [4.69, 9.17) is 9.47 Å². The Labute approximate surface area is 316 Å². The van der Waals surface area contributed by atoms with Crippen LogP contribution in [0.25, 0.3) is 21.9 Å². The minimum absolute atomic E-state index is 0.0144. The normalized spacial score (nSPS) is 20.4. The summed E-state index contributed by atoms with van der Waals surface area (Å²) in [7, 11) is 2.15. The van der Waals surface area contributed by atoms with Crippen LogP contribution in [0.5, 0.6) is 0 Å². The van der Waals surface area contributed by atoms with Gasteiger partial charge in [-0.15, -0.1) is 0 Å². The van der Waals surface area contributed by atoms with Gasteiger partial charge in [0.25, 0.3) is 11.8 Å². The van der Waals surface area contributed by atoms with Gasteiger partial charge in [-0.25, -0.2) is 0 Å². The van der Waals surface area contributed by atoms with E-state index in [-0.39, 0.29) is 49.1 Å². The summed E-state index contributed by atoms with van der Waals surface area (Å²) in [6, 6.07) is 46.4. The molecule has 272 valence electrons. The molecule has 0 aromatic heterocycles. The molecule has 1 fully saturated rings. The molecule has 6 aromatic carbocycles. The van der Waals surface area contributed by atoms with Gasteiger partial charge >= 0.3 is 0 Å². The van der Waals surface area contributed by atoms with Crippen molar-refractivity contribution in [1.29, 1.82) is 0 Å². The quantitative estimate of drug-likeness (QED) is 0.143. The first-order chi connectivity index (χ1) is 26.3. The zero-order valence-corrected chi connectivity index (χ0v) is 30.8. The summed E-state index contributed by atoms with van der Waals surface area (Å²) in [5.74, 6) is -0.498. The smallest absolute Gasteiger partial charge is 0.261 e. The van der Waals surface area contributed by atoms with E-state index in [1.54, 1.807) is 24.3 Å². The number of rotatable bonds is 10. The number of aliphatic hydroxyl groups excluding tert-OH is 1. The van der Waals surface area contributed by atoms with Crippen LogP contribution in [0, 0.1) is 5.92 Å². The molecule has 0 bridgehead atoms. The maximum absolute atomic E-state index is 13.1. The van der Waals surface area contributed by atoms with E-state index >= 15 is 0 Å². The second-order valence-corrected chi connectivity index (χ2v) is 14.6. The molecule has 7 heteroatoms. The number of fused-ring (bicyclic) bond motifs is 2. The van der Waals surface area contributed by atoms with Crippen molar-refractivity contribution in [3.8, 4) is 11.1 Å². The Kier molecular flexibility index (Phi) is 9.97. The van der Waals surface area contributed by atoms with E-state index in [9.17, 15) is 14.7 Å². The maximum Gasteiger partial charge on any atom is 0.261 e. The second-order valence-electron chi connectivity index (χ2n) is 14.6. The number of hydrogen-bond donors (Lipinski definition) is 1. The summed E-state index contributed by atoms with van der Waals surface area (Å²) in [5.41, 5.74) is 7.75. The van der Waals surface area contributed by atoms with E-state index in [2.05, 4.69) is 80.4 Å². The minimum atomic E-state index is -0.625. The van der Waals surface area contributed by atoms with Crippen LogP contribution in [0.2, 0.25) is 0 Å². The van der Waals surface area contributed by atoms with Crippen molar-refractivity contribution in [2.24, 2.45) is 5.92 Å². The van der Waals surface area contributed by atoms with Gasteiger partial charge in [-0.05, 0) is 88.5 Å². The summed E-state index contributed by atoms with van der Waals surface area (Å²) in [6.07, 6.45) is -1.01. The SMILES string of the molecule is CC1C(CN(C)C(C)c2ccc3ccccc3c2)OC(c2cccc(-c3cccc(CN4C(=O)c5ccccc5C4=O)c3)c2)OC1c1ccc(CO)cc1. The number of carbonyl (C=O) groups excluding carboxylic acids is 2. The molecule has 0 aliphatic carbocycles. The van der Waals surface area contributed by atoms with Crippen LogP contribution in [-0.4, -0.2) is 46.4 Å². The van der Waals surface area contributed by atoms with Crippen molar-refractivity contribution >= 4 is 22.6 Å². The fourth-order valence-electron chi connectivity index (χ4n) is 7.77. The van der Waals surface area contributed by atoms with Crippen LogP contribution in [0.4, 0.5) is 0 Å². The highest BCUT2D eigenvalue weighted by Gasteiger charge is 2.39. The number of hydrogen-bond acceptors (Lipinski definition) is 6. The highest BCUT2D eigenvalue weighted by molar-refractivity contribution is 6.21. The van der Waals surface area contributed by atoms with Crippen molar-refractivity contribution in [1.82, 2.24) is 9.80 Å². The molecule has 2 amide bonds. The number of aliphatic hydroxyl groups is 1. The van der Waals surface area contributed by atoms with Crippen molar-refractivity contribution in [3.05, 3.63) is 178 Å². The van der Waals surface area contributed by atoms with Crippen LogP contribution in [-0.2, 0) is 22.6 Å². The lowest BCUT2D eigenvalue weighted by atomic mass is 9.89. The van der Waals surface area contributed by atoms with Crippen LogP contribution < -0.4 is 0 Å². The number of likely N-dealkylation sites (N-methyl/N-ethyl adjacent to an activating group) is 1. The molecule has 2 aliphatic heterocycles. The Morgan fingerprint density at radius 2 is 1.35 bits per heavy atom. The van der Waals surface area contributed by atoms with Crippen LogP contribution in [0.3, 0.4) is 0 Å². The summed E-state index contributed by atoms with van der Waals surface area (Å²) in [6.45, 7) is 5.30. The predicted molar refractivity (Wildman–Crippen MR) is 210 cm³/mol. The predicted octanol–water partition coefficient (Wildman–Crippen LogP) is 9.28. The highest BCUT2D eigenvalue weighted by Crippen LogP contribution is 2.43. The Morgan fingerprint density at radius 1 is 0.685 bits per heavy atom. The molecule has 0 radical (unpaired) electrons. The van der Waals surface area contributed by atoms with Gasteiger partial charge < -0.3 is 14.6 Å². The van der Waals surface area contributed by atoms with Gasteiger partial charge in [-0.3, -0.25) is 19.4 Å². The molecular weight excluding hydrogens is 673 g/mol. The molecule has 8 rings (SSSR count). The third kappa shape index (κ3) is 6.99. The third-order valence-electron chi connectivity index (χ3n) is 11.1. The van der Waals surface area contributed by atoms with Gasteiger partial charge in [-0.1, -0.05) is 116 Å². The zero-order chi connectivity index (χ0) is 37.3. The summed E-state index contributed by atoms with van der Waals surface area (Å²) >= 11 is 0. The van der Waals surface area contributed by atoms with Crippen LogP contribution in [0.1, 0.15) is 80.8 Å². The van der Waals surface area contributed by atoms with Crippen molar-refractivity contribution < 1.29 is 24.2 Å². The van der Waals surface area contributed by atoms with E-state index in [0.29, 0.717) is 17.7 Å². The fraction of sp³-hybridized carbons (Fsp3) is 0.234. The lowest BCUT2D eigenvalue weighted by Gasteiger charge is -2.43. The zero-order valence-electron chi connectivity index (χ0n) is 30.8. The first-order valence-electron chi connectivity index (χ1n) is 18.6. The Hall–Kier alpha value is -5.44. The number of ether oxygens (including phenoxy) is 2. The number of amides is 2. The molecule has 5 atom stereocenters. The summed E-state index contributed by atoms with van der Waals surface area (Å²) in [4.78, 5) is 29.8. The average molecular weight is 717 g/mol. The van der Waals surface area contributed by atoms with Crippen molar-refractivity contribution in [2.75, 3.05) is 13.6 Å². The van der Waals surface area contributed by atoms with Gasteiger partial charge in [0, 0.05) is 24.1 Å². The molecular formula is C47H44N2O5. The average Bonchev–Trinajstić information content (AvgIpc) is 3.45. The summed E-state index contributed by atoms with van der Waals surface area (Å²) < 4.78 is 13.7. The van der Waals surface area contributed by atoms with Crippen LogP contribution in [0.15, 0.2) is 140 Å². The lowest BCUT2D eigenvalue weighted by Crippen LogP contribution is -2.44. The van der Waals surface area contributed by atoms with Crippen LogP contribution >= 0.6 is 0 Å². The van der Waals surface area contributed by atoms with Crippen molar-refractivity contribution in [3.63, 3.8) is 0 Å². The molecule has 54 heavy (non-hydrogen) atoms. The Morgan fingerprint density at radius 3 is 2.07 bits per heavy atom. The van der Waals surface area contributed by atoms with Gasteiger partial charge in [0.15, 0.2) is 6.29 Å². The lowest BCUT2D eigenvalue weighted by molar-refractivity contribution is -0.276. The van der Waals surface area contributed by atoms with Gasteiger partial charge in [0.05, 0.1) is 36.5 Å².